The maximum Gasteiger partial charge on any atom is 0.416 e. The second-order valence-corrected chi connectivity index (χ2v) is 10.2. The normalized spacial score (nSPS) is 25.1. The molecule has 1 aliphatic carbocycles. The third-order valence-electron chi connectivity index (χ3n) is 6.63. The number of amides is 2. The van der Waals surface area contributed by atoms with E-state index in [0.717, 1.165) is 30.5 Å². The van der Waals surface area contributed by atoms with Gasteiger partial charge in [0, 0.05) is 24.3 Å². The highest BCUT2D eigenvalue weighted by atomic mass is 32.2. The molecule has 4 rings (SSSR count). The summed E-state index contributed by atoms with van der Waals surface area (Å²) in [5.41, 5.74) is 0.884. The molecule has 2 aromatic rings. The SMILES string of the molecule is CC(NC(=O)C1CCC2S/C(=C\c3ccc(C(F)(F)F)cc3)C(=O)N(C)C2C1)c1ccccc1. The summed E-state index contributed by atoms with van der Waals surface area (Å²) in [6.45, 7) is 1.96. The lowest BCUT2D eigenvalue weighted by Crippen LogP contribution is -2.52. The maximum absolute atomic E-state index is 13.0. The first-order valence-electron chi connectivity index (χ1n) is 11.3. The molecular formula is C26H27F3N2O2S. The third-order valence-corrected chi connectivity index (χ3v) is 8.03. The molecule has 2 aromatic carbocycles. The average Bonchev–Trinajstić information content (AvgIpc) is 2.82. The van der Waals surface area contributed by atoms with Crippen molar-refractivity contribution in [2.75, 3.05) is 7.05 Å². The van der Waals surface area contributed by atoms with Crippen LogP contribution in [0.4, 0.5) is 13.2 Å². The highest BCUT2D eigenvalue weighted by Crippen LogP contribution is 2.43. The predicted molar refractivity (Wildman–Crippen MR) is 128 cm³/mol. The summed E-state index contributed by atoms with van der Waals surface area (Å²) in [6, 6.07) is 14.4. The lowest BCUT2D eigenvalue weighted by atomic mass is 9.83. The van der Waals surface area contributed by atoms with Gasteiger partial charge in [0.2, 0.25) is 5.91 Å². The van der Waals surface area contributed by atoms with Gasteiger partial charge in [-0.05, 0) is 55.5 Å². The molecule has 1 saturated carbocycles. The molecular weight excluding hydrogens is 461 g/mol. The predicted octanol–water partition coefficient (Wildman–Crippen LogP) is 5.67. The number of likely N-dealkylation sites (N-methyl/N-ethyl adjacent to an activating group) is 1. The van der Waals surface area contributed by atoms with Gasteiger partial charge in [-0.15, -0.1) is 11.8 Å². The van der Waals surface area contributed by atoms with Crippen LogP contribution in [0.2, 0.25) is 0 Å². The molecule has 0 spiro atoms. The second-order valence-electron chi connectivity index (χ2n) is 8.92. The van der Waals surface area contributed by atoms with E-state index in [1.165, 1.54) is 23.9 Å². The lowest BCUT2D eigenvalue weighted by molar-refractivity contribution is -0.137. The molecule has 2 fully saturated rings. The molecule has 180 valence electrons. The number of rotatable bonds is 4. The number of halogens is 3. The van der Waals surface area contributed by atoms with E-state index in [1.807, 2.05) is 37.3 Å². The smallest absolute Gasteiger partial charge is 0.349 e. The molecule has 4 nitrogen and oxygen atoms in total. The van der Waals surface area contributed by atoms with Crippen LogP contribution in [0.3, 0.4) is 0 Å². The molecule has 0 bridgehead atoms. The Morgan fingerprint density at radius 1 is 1.12 bits per heavy atom. The Kier molecular flexibility index (Phi) is 7.07. The largest absolute Gasteiger partial charge is 0.416 e. The topological polar surface area (TPSA) is 49.4 Å². The molecule has 34 heavy (non-hydrogen) atoms. The number of alkyl halides is 3. The minimum absolute atomic E-state index is 0.00625. The van der Waals surface area contributed by atoms with Crippen LogP contribution >= 0.6 is 11.8 Å². The molecule has 8 heteroatoms. The van der Waals surface area contributed by atoms with Crippen molar-refractivity contribution >= 4 is 29.7 Å². The molecule has 1 saturated heterocycles. The Labute approximate surface area is 201 Å². The molecule has 2 amide bonds. The Balaban J connectivity index is 1.41. The van der Waals surface area contributed by atoms with E-state index in [0.29, 0.717) is 16.9 Å². The molecule has 2 aliphatic rings. The van der Waals surface area contributed by atoms with Gasteiger partial charge in [-0.2, -0.15) is 13.2 Å². The van der Waals surface area contributed by atoms with Crippen LogP contribution in [0.5, 0.6) is 0 Å². The number of carbonyl (C=O) groups excluding carboxylic acids is 2. The van der Waals surface area contributed by atoms with Gasteiger partial charge in [-0.3, -0.25) is 9.59 Å². The summed E-state index contributed by atoms with van der Waals surface area (Å²) in [5.74, 6) is -0.319. The zero-order valence-electron chi connectivity index (χ0n) is 19.0. The van der Waals surface area contributed by atoms with Gasteiger partial charge in [0.1, 0.15) is 0 Å². The Bertz CT molecular complexity index is 1070. The molecule has 1 N–H and O–H groups in total. The van der Waals surface area contributed by atoms with Crippen molar-refractivity contribution < 1.29 is 22.8 Å². The van der Waals surface area contributed by atoms with E-state index >= 15 is 0 Å². The fraction of sp³-hybridized carbons (Fsp3) is 0.385. The molecule has 0 aromatic heterocycles. The van der Waals surface area contributed by atoms with Crippen molar-refractivity contribution in [3.63, 3.8) is 0 Å². The minimum Gasteiger partial charge on any atom is -0.349 e. The van der Waals surface area contributed by atoms with Crippen molar-refractivity contribution in [2.45, 2.75) is 49.7 Å². The molecule has 1 heterocycles. The zero-order chi connectivity index (χ0) is 24.5. The number of fused-ring (bicyclic) bond motifs is 1. The first-order valence-corrected chi connectivity index (χ1v) is 12.2. The van der Waals surface area contributed by atoms with Crippen molar-refractivity contribution in [1.82, 2.24) is 10.2 Å². The van der Waals surface area contributed by atoms with Gasteiger partial charge < -0.3 is 10.2 Å². The third kappa shape index (κ3) is 5.32. The second kappa shape index (κ2) is 9.86. The number of thioether (sulfide) groups is 1. The number of hydrogen-bond donors (Lipinski definition) is 1. The van der Waals surface area contributed by atoms with Gasteiger partial charge in [-0.25, -0.2) is 0 Å². The fourth-order valence-corrected chi connectivity index (χ4v) is 6.09. The van der Waals surface area contributed by atoms with E-state index in [1.54, 1.807) is 18.0 Å². The first kappa shape index (κ1) is 24.4. The van der Waals surface area contributed by atoms with Crippen molar-refractivity contribution in [1.29, 1.82) is 0 Å². The summed E-state index contributed by atoms with van der Waals surface area (Å²) in [7, 11) is 1.74. The van der Waals surface area contributed by atoms with E-state index in [-0.39, 0.29) is 35.1 Å². The van der Waals surface area contributed by atoms with Crippen LogP contribution in [0, 0.1) is 5.92 Å². The Hall–Kier alpha value is -2.74. The fourth-order valence-electron chi connectivity index (χ4n) is 4.61. The summed E-state index contributed by atoms with van der Waals surface area (Å²) in [4.78, 5) is 28.2. The standard InChI is InChI=1S/C26H27F3N2O2S/c1-16(18-6-4-3-5-7-18)30-24(32)19-10-13-22-21(15-19)31(2)25(33)23(34-22)14-17-8-11-20(12-9-17)26(27,28)29/h3-9,11-12,14,16,19,21-22H,10,13,15H2,1-2H3,(H,30,32)/b23-14-. The molecule has 4 atom stereocenters. The molecule has 4 unspecified atom stereocenters. The molecule has 0 radical (unpaired) electrons. The summed E-state index contributed by atoms with van der Waals surface area (Å²) < 4.78 is 38.4. The quantitative estimate of drug-likeness (QED) is 0.565. The summed E-state index contributed by atoms with van der Waals surface area (Å²) in [5, 5.41) is 3.26. The Morgan fingerprint density at radius 2 is 1.79 bits per heavy atom. The Morgan fingerprint density at radius 3 is 2.44 bits per heavy atom. The van der Waals surface area contributed by atoms with E-state index < -0.39 is 11.7 Å². The highest BCUT2D eigenvalue weighted by Gasteiger charge is 2.43. The van der Waals surface area contributed by atoms with Crippen LogP contribution in [-0.2, 0) is 15.8 Å². The van der Waals surface area contributed by atoms with Crippen LogP contribution in [-0.4, -0.2) is 35.1 Å². The van der Waals surface area contributed by atoms with Gasteiger partial charge in [0.25, 0.3) is 5.91 Å². The lowest BCUT2D eigenvalue weighted by Gasteiger charge is -2.44. The van der Waals surface area contributed by atoms with Gasteiger partial charge in [-0.1, -0.05) is 42.5 Å². The maximum atomic E-state index is 13.0. The molecule has 1 aliphatic heterocycles. The van der Waals surface area contributed by atoms with Crippen molar-refractivity contribution in [3.8, 4) is 0 Å². The number of benzene rings is 2. The van der Waals surface area contributed by atoms with E-state index in [9.17, 15) is 22.8 Å². The van der Waals surface area contributed by atoms with Crippen LogP contribution < -0.4 is 5.32 Å². The van der Waals surface area contributed by atoms with Crippen molar-refractivity contribution in [3.05, 3.63) is 76.2 Å². The van der Waals surface area contributed by atoms with Gasteiger partial charge >= 0.3 is 6.18 Å². The number of nitrogens with one attached hydrogen (secondary N) is 1. The van der Waals surface area contributed by atoms with Crippen molar-refractivity contribution in [2.24, 2.45) is 5.92 Å². The monoisotopic (exact) mass is 488 g/mol. The summed E-state index contributed by atoms with van der Waals surface area (Å²) in [6.07, 6.45) is -0.619. The zero-order valence-corrected chi connectivity index (χ0v) is 19.8. The minimum atomic E-state index is -4.39. The van der Waals surface area contributed by atoms with Gasteiger partial charge in [0.15, 0.2) is 0 Å². The van der Waals surface area contributed by atoms with Gasteiger partial charge in [0.05, 0.1) is 16.5 Å². The highest BCUT2D eigenvalue weighted by molar-refractivity contribution is 8.04. The number of hydrogen-bond acceptors (Lipinski definition) is 3. The van der Waals surface area contributed by atoms with Crippen LogP contribution in [0.1, 0.15) is 48.9 Å². The number of nitrogens with zero attached hydrogens (tertiary/aromatic N) is 1. The van der Waals surface area contributed by atoms with Crippen LogP contribution in [0.15, 0.2) is 59.5 Å². The van der Waals surface area contributed by atoms with E-state index in [4.69, 9.17) is 0 Å². The van der Waals surface area contributed by atoms with Crippen LogP contribution in [0.25, 0.3) is 6.08 Å². The van der Waals surface area contributed by atoms with E-state index in [2.05, 4.69) is 5.32 Å². The summed E-state index contributed by atoms with van der Waals surface area (Å²) >= 11 is 1.47. The first-order chi connectivity index (χ1) is 16.1. The average molecular weight is 489 g/mol. The number of carbonyl (C=O) groups is 2.